The van der Waals surface area contributed by atoms with E-state index in [1.54, 1.807) is 19.1 Å². The van der Waals surface area contributed by atoms with Gasteiger partial charge in [0.25, 0.3) is 0 Å². The molecule has 0 radical (unpaired) electrons. The zero-order valence-electron chi connectivity index (χ0n) is 9.10. The monoisotopic (exact) mass is 226 g/mol. The highest BCUT2D eigenvalue weighted by Gasteiger charge is 2.43. The lowest BCUT2D eigenvalue weighted by Crippen LogP contribution is -2.30. The average molecular weight is 226 g/mol. The van der Waals surface area contributed by atoms with Crippen LogP contribution in [-0.2, 0) is 24.8 Å². The summed E-state index contributed by atoms with van der Waals surface area (Å²) < 4.78 is 21.1. The van der Waals surface area contributed by atoms with Gasteiger partial charge in [-0.05, 0) is 19.1 Å². The third kappa shape index (κ3) is 2.10. The van der Waals surface area contributed by atoms with Gasteiger partial charge in [-0.1, -0.05) is 0 Å². The first-order valence-electron chi connectivity index (χ1n) is 5.24. The zero-order valence-corrected chi connectivity index (χ0v) is 9.10. The molecule has 2 heterocycles. The molecule has 0 N–H and O–H groups in total. The van der Waals surface area contributed by atoms with E-state index in [2.05, 4.69) is 0 Å². The second kappa shape index (κ2) is 4.67. The van der Waals surface area contributed by atoms with Gasteiger partial charge in [0.05, 0.1) is 26.1 Å². The Morgan fingerprint density at radius 1 is 1.50 bits per heavy atom. The summed E-state index contributed by atoms with van der Waals surface area (Å²) in [5, 5.41) is 0. The lowest BCUT2D eigenvalue weighted by molar-refractivity contribution is -0.196. The van der Waals surface area contributed by atoms with Crippen LogP contribution in [0.2, 0.25) is 0 Å². The second-order valence-electron chi connectivity index (χ2n) is 3.41. The molecule has 5 heteroatoms. The molecular weight excluding hydrogens is 212 g/mol. The molecule has 0 bridgehead atoms. The first-order chi connectivity index (χ1) is 7.77. The number of hydrogen-bond acceptors (Lipinski definition) is 5. The highest BCUT2D eigenvalue weighted by atomic mass is 16.7. The van der Waals surface area contributed by atoms with Gasteiger partial charge in [0.15, 0.2) is 5.76 Å². The van der Waals surface area contributed by atoms with E-state index in [0.29, 0.717) is 25.6 Å². The molecule has 0 amide bonds. The molecule has 88 valence electrons. The number of rotatable bonds is 4. The molecule has 0 aliphatic carbocycles. The second-order valence-corrected chi connectivity index (χ2v) is 3.41. The molecule has 0 spiro atoms. The third-order valence-corrected chi connectivity index (χ3v) is 2.33. The van der Waals surface area contributed by atoms with Crippen LogP contribution in [0.4, 0.5) is 0 Å². The number of carbonyl (C=O) groups excluding carboxylic acids is 1. The molecule has 16 heavy (non-hydrogen) atoms. The summed E-state index contributed by atoms with van der Waals surface area (Å²) in [5.74, 6) is -0.964. The molecule has 0 unspecified atom stereocenters. The maximum Gasteiger partial charge on any atom is 0.311 e. The Labute approximate surface area is 93.3 Å². The minimum Gasteiger partial charge on any atom is -0.466 e. The summed E-state index contributed by atoms with van der Waals surface area (Å²) in [6.07, 6.45) is 1.53. The first-order valence-corrected chi connectivity index (χ1v) is 5.24. The molecule has 1 aromatic heterocycles. The normalized spacial score (nSPS) is 18.6. The summed E-state index contributed by atoms with van der Waals surface area (Å²) in [6.45, 7) is 2.99. The Hall–Kier alpha value is -1.33. The fourth-order valence-electron chi connectivity index (χ4n) is 1.68. The van der Waals surface area contributed by atoms with Gasteiger partial charge in [-0.25, -0.2) is 0 Å². The SMILES string of the molecule is CCOC(=O)CC1(c2ccco2)OCCO1. The van der Waals surface area contributed by atoms with Crippen molar-refractivity contribution < 1.29 is 23.4 Å². The molecule has 1 fully saturated rings. The van der Waals surface area contributed by atoms with Crippen molar-refractivity contribution in [3.8, 4) is 0 Å². The lowest BCUT2D eigenvalue weighted by Gasteiger charge is -2.23. The maximum atomic E-state index is 11.5. The van der Waals surface area contributed by atoms with Crippen LogP contribution in [0.1, 0.15) is 19.1 Å². The third-order valence-electron chi connectivity index (χ3n) is 2.33. The van der Waals surface area contributed by atoms with Gasteiger partial charge in [0.2, 0.25) is 5.79 Å². The quantitative estimate of drug-likeness (QED) is 0.727. The van der Waals surface area contributed by atoms with Gasteiger partial charge < -0.3 is 18.6 Å². The number of esters is 1. The predicted octanol–water partition coefficient (Wildman–Crippen LogP) is 1.43. The summed E-state index contributed by atoms with van der Waals surface area (Å²) in [4.78, 5) is 11.5. The molecule has 0 atom stereocenters. The van der Waals surface area contributed by atoms with Crippen LogP contribution in [0, 0.1) is 0 Å². The van der Waals surface area contributed by atoms with Gasteiger partial charge in [-0.3, -0.25) is 4.79 Å². The molecule has 1 saturated heterocycles. The molecule has 0 saturated carbocycles. The maximum absolute atomic E-state index is 11.5. The number of furan rings is 1. The largest absolute Gasteiger partial charge is 0.466 e. The van der Waals surface area contributed by atoms with E-state index in [1.165, 1.54) is 6.26 Å². The van der Waals surface area contributed by atoms with Crippen LogP contribution < -0.4 is 0 Å². The topological polar surface area (TPSA) is 57.9 Å². The number of hydrogen-bond donors (Lipinski definition) is 0. The number of carbonyl (C=O) groups is 1. The van der Waals surface area contributed by atoms with Gasteiger partial charge in [0.1, 0.15) is 6.42 Å². The van der Waals surface area contributed by atoms with Gasteiger partial charge in [0, 0.05) is 0 Å². The van der Waals surface area contributed by atoms with Crippen molar-refractivity contribution >= 4 is 5.97 Å². The van der Waals surface area contributed by atoms with Crippen molar-refractivity contribution in [2.75, 3.05) is 19.8 Å². The first kappa shape index (κ1) is 11.2. The van der Waals surface area contributed by atoms with Crippen molar-refractivity contribution in [1.29, 1.82) is 0 Å². The molecular formula is C11H14O5. The Morgan fingerprint density at radius 3 is 2.81 bits per heavy atom. The number of ether oxygens (including phenoxy) is 3. The van der Waals surface area contributed by atoms with Gasteiger partial charge in [-0.2, -0.15) is 0 Å². The fraction of sp³-hybridized carbons (Fsp3) is 0.545. The van der Waals surface area contributed by atoms with Crippen molar-refractivity contribution in [3.05, 3.63) is 24.2 Å². The van der Waals surface area contributed by atoms with E-state index < -0.39 is 5.79 Å². The van der Waals surface area contributed by atoms with E-state index in [4.69, 9.17) is 18.6 Å². The zero-order chi connectivity index (χ0) is 11.4. The van der Waals surface area contributed by atoms with E-state index in [-0.39, 0.29) is 12.4 Å². The van der Waals surface area contributed by atoms with Crippen molar-refractivity contribution in [3.63, 3.8) is 0 Å². The van der Waals surface area contributed by atoms with Crippen LogP contribution in [0.5, 0.6) is 0 Å². The highest BCUT2D eigenvalue weighted by Crippen LogP contribution is 2.35. The fourth-order valence-corrected chi connectivity index (χ4v) is 1.68. The minimum atomic E-state index is -1.10. The summed E-state index contributed by atoms with van der Waals surface area (Å²) >= 11 is 0. The van der Waals surface area contributed by atoms with Crippen LogP contribution >= 0.6 is 0 Å². The molecule has 2 rings (SSSR count). The van der Waals surface area contributed by atoms with Gasteiger partial charge in [-0.15, -0.1) is 0 Å². The Bertz CT molecular complexity index is 337. The van der Waals surface area contributed by atoms with Crippen LogP contribution in [0.3, 0.4) is 0 Å². The van der Waals surface area contributed by atoms with Crippen LogP contribution in [0.15, 0.2) is 22.8 Å². The lowest BCUT2D eigenvalue weighted by atomic mass is 10.1. The summed E-state index contributed by atoms with van der Waals surface area (Å²) in [6, 6.07) is 3.46. The molecule has 5 nitrogen and oxygen atoms in total. The van der Waals surface area contributed by atoms with Gasteiger partial charge >= 0.3 is 5.97 Å². The Morgan fingerprint density at radius 2 is 2.25 bits per heavy atom. The minimum absolute atomic E-state index is 0.00829. The van der Waals surface area contributed by atoms with Crippen molar-refractivity contribution in [2.45, 2.75) is 19.1 Å². The summed E-state index contributed by atoms with van der Waals surface area (Å²) in [5.41, 5.74) is 0. The van der Waals surface area contributed by atoms with Crippen molar-refractivity contribution in [1.82, 2.24) is 0 Å². The van der Waals surface area contributed by atoms with E-state index in [0.717, 1.165) is 0 Å². The van der Waals surface area contributed by atoms with E-state index >= 15 is 0 Å². The van der Waals surface area contributed by atoms with Crippen LogP contribution in [0.25, 0.3) is 0 Å². The average Bonchev–Trinajstić information content (AvgIpc) is 2.86. The highest BCUT2D eigenvalue weighted by molar-refractivity contribution is 5.70. The molecule has 0 aromatic carbocycles. The smallest absolute Gasteiger partial charge is 0.311 e. The van der Waals surface area contributed by atoms with E-state index in [9.17, 15) is 4.79 Å². The summed E-state index contributed by atoms with van der Waals surface area (Å²) in [7, 11) is 0. The van der Waals surface area contributed by atoms with Crippen LogP contribution in [-0.4, -0.2) is 25.8 Å². The molecule has 1 aromatic rings. The van der Waals surface area contributed by atoms with E-state index in [1.807, 2.05) is 0 Å². The Balaban J connectivity index is 2.13. The molecule has 1 aliphatic rings. The molecule has 1 aliphatic heterocycles. The standard InChI is InChI=1S/C11H14O5/c1-2-13-10(12)8-11(15-6-7-16-11)9-4-3-5-14-9/h3-5H,2,6-8H2,1H3. The van der Waals surface area contributed by atoms with Crippen molar-refractivity contribution in [2.24, 2.45) is 0 Å². The Kier molecular flexibility index (Phi) is 3.26. The predicted molar refractivity (Wildman–Crippen MR) is 53.5 cm³/mol.